The molecule has 8 heavy (non-hydrogen) atoms. The van der Waals surface area contributed by atoms with Crippen LogP contribution in [0.4, 0.5) is 0 Å². The Morgan fingerprint density at radius 2 is 1.88 bits per heavy atom. The van der Waals surface area contributed by atoms with E-state index in [1.54, 1.807) is 0 Å². The van der Waals surface area contributed by atoms with Gasteiger partial charge < -0.3 is 0 Å². The zero-order chi connectivity index (χ0) is 6.20. The summed E-state index contributed by atoms with van der Waals surface area (Å²) in [6, 6.07) is 0. The molecular weight excluding hydrogens is 104 g/mol. The minimum absolute atomic E-state index is 0.208. The van der Waals surface area contributed by atoms with Gasteiger partial charge in [-0.3, -0.25) is 0 Å². The third-order valence-electron chi connectivity index (χ3n) is 1.67. The van der Waals surface area contributed by atoms with Crippen LogP contribution < -0.4 is 0 Å². The summed E-state index contributed by atoms with van der Waals surface area (Å²) in [4.78, 5) is 9.61. The van der Waals surface area contributed by atoms with E-state index >= 15 is 0 Å². The Kier molecular flexibility index (Phi) is 1.29. The molecule has 0 atom stereocenters. The van der Waals surface area contributed by atoms with Crippen molar-refractivity contribution < 1.29 is 9.78 Å². The molecule has 1 rings (SSSR count). The van der Waals surface area contributed by atoms with Crippen molar-refractivity contribution in [3.63, 3.8) is 0 Å². The van der Waals surface area contributed by atoms with Crippen LogP contribution in [0.1, 0.15) is 27.2 Å². The summed E-state index contributed by atoms with van der Waals surface area (Å²) in [5.41, 5.74) is 0. The second-order valence-corrected chi connectivity index (χ2v) is 2.49. The first kappa shape index (κ1) is 6.05. The molecule has 0 spiro atoms. The Balaban J connectivity index is 2.41. The molecule has 1 aliphatic rings. The van der Waals surface area contributed by atoms with E-state index < -0.39 is 0 Å². The molecule has 2 nitrogen and oxygen atoms in total. The lowest BCUT2D eigenvalue weighted by atomic mass is 10.0. The molecule has 1 fully saturated rings. The van der Waals surface area contributed by atoms with Crippen molar-refractivity contribution in [3.05, 3.63) is 0 Å². The van der Waals surface area contributed by atoms with Crippen LogP contribution in [0, 0.1) is 5.92 Å². The molecular formula is C6H12O2. The van der Waals surface area contributed by atoms with Gasteiger partial charge in [-0.2, -0.15) is 9.78 Å². The Bertz CT molecular complexity index is 84.5. The van der Waals surface area contributed by atoms with Crippen molar-refractivity contribution in [2.75, 3.05) is 0 Å². The van der Waals surface area contributed by atoms with Crippen molar-refractivity contribution in [1.29, 1.82) is 0 Å². The molecule has 1 saturated heterocycles. The van der Waals surface area contributed by atoms with Crippen LogP contribution in [0.2, 0.25) is 0 Å². The van der Waals surface area contributed by atoms with E-state index in [-0.39, 0.29) is 5.79 Å². The number of hydrogen-bond acceptors (Lipinski definition) is 2. The quantitative estimate of drug-likeness (QED) is 0.405. The van der Waals surface area contributed by atoms with Gasteiger partial charge >= 0.3 is 0 Å². The summed E-state index contributed by atoms with van der Waals surface area (Å²) in [6.45, 7) is 6.25. The normalized spacial score (nSPS) is 24.0. The van der Waals surface area contributed by atoms with Crippen LogP contribution in [-0.4, -0.2) is 5.79 Å². The molecule has 0 aromatic carbocycles. The maximum Gasteiger partial charge on any atom is 0.236 e. The first-order valence-electron chi connectivity index (χ1n) is 3.08. The molecule has 48 valence electrons. The fourth-order valence-electron chi connectivity index (χ4n) is 0.772. The SMILES string of the molecule is CCC1(C(C)C)OO1. The van der Waals surface area contributed by atoms with E-state index in [9.17, 15) is 0 Å². The molecule has 0 aromatic rings. The van der Waals surface area contributed by atoms with Gasteiger partial charge in [-0.25, -0.2) is 0 Å². The molecule has 0 radical (unpaired) electrons. The van der Waals surface area contributed by atoms with E-state index in [1.807, 2.05) is 0 Å². The molecule has 0 aliphatic carbocycles. The first-order chi connectivity index (χ1) is 3.71. The largest absolute Gasteiger partial charge is 0.236 e. The van der Waals surface area contributed by atoms with Crippen LogP contribution in [0.3, 0.4) is 0 Å². The molecule has 0 N–H and O–H groups in total. The zero-order valence-corrected chi connectivity index (χ0v) is 5.60. The lowest BCUT2D eigenvalue weighted by Crippen LogP contribution is -2.16. The van der Waals surface area contributed by atoms with Crippen LogP contribution in [-0.2, 0) is 9.78 Å². The Hall–Kier alpha value is -0.0800. The maximum atomic E-state index is 4.81. The van der Waals surface area contributed by atoms with Crippen molar-refractivity contribution in [2.45, 2.75) is 33.0 Å². The first-order valence-corrected chi connectivity index (χ1v) is 3.08. The lowest BCUT2D eigenvalue weighted by molar-refractivity contribution is 0.0850. The summed E-state index contributed by atoms with van der Waals surface area (Å²) < 4.78 is 0. The summed E-state index contributed by atoms with van der Waals surface area (Å²) in [5.74, 6) is 0.271. The van der Waals surface area contributed by atoms with Gasteiger partial charge in [0.1, 0.15) is 0 Å². The molecule has 1 heterocycles. The van der Waals surface area contributed by atoms with Crippen molar-refractivity contribution in [1.82, 2.24) is 0 Å². The van der Waals surface area contributed by atoms with E-state index in [2.05, 4.69) is 20.8 Å². The number of hydrogen-bond donors (Lipinski definition) is 0. The predicted molar refractivity (Wildman–Crippen MR) is 30.0 cm³/mol. The maximum absolute atomic E-state index is 4.81. The number of rotatable bonds is 2. The lowest BCUT2D eigenvalue weighted by Gasteiger charge is -2.05. The van der Waals surface area contributed by atoms with E-state index in [1.165, 1.54) is 0 Å². The summed E-state index contributed by atoms with van der Waals surface area (Å²) in [7, 11) is 0. The highest BCUT2D eigenvalue weighted by Gasteiger charge is 2.49. The van der Waals surface area contributed by atoms with Crippen molar-refractivity contribution in [2.24, 2.45) is 5.92 Å². The minimum Gasteiger partial charge on any atom is -0.195 e. The molecule has 0 amide bonds. The fraction of sp³-hybridized carbons (Fsp3) is 1.00. The van der Waals surface area contributed by atoms with Gasteiger partial charge in [-0.05, 0) is 0 Å². The van der Waals surface area contributed by atoms with E-state index in [0.717, 1.165) is 6.42 Å². The van der Waals surface area contributed by atoms with Crippen molar-refractivity contribution in [3.8, 4) is 0 Å². The highest BCUT2D eigenvalue weighted by Crippen LogP contribution is 2.39. The van der Waals surface area contributed by atoms with Gasteiger partial charge in [0.15, 0.2) is 0 Å². The van der Waals surface area contributed by atoms with Gasteiger partial charge in [0, 0.05) is 12.3 Å². The van der Waals surface area contributed by atoms with Crippen LogP contribution in [0.25, 0.3) is 0 Å². The smallest absolute Gasteiger partial charge is 0.195 e. The van der Waals surface area contributed by atoms with E-state index in [0.29, 0.717) is 5.92 Å². The third-order valence-corrected chi connectivity index (χ3v) is 1.67. The van der Waals surface area contributed by atoms with Gasteiger partial charge in [0.25, 0.3) is 0 Å². The molecule has 0 bridgehead atoms. The molecule has 0 unspecified atom stereocenters. The van der Waals surface area contributed by atoms with Crippen molar-refractivity contribution >= 4 is 0 Å². The zero-order valence-electron chi connectivity index (χ0n) is 5.60. The minimum atomic E-state index is -0.208. The molecule has 0 saturated carbocycles. The Morgan fingerprint density at radius 3 is 1.88 bits per heavy atom. The van der Waals surface area contributed by atoms with Crippen LogP contribution in [0.15, 0.2) is 0 Å². The van der Waals surface area contributed by atoms with Crippen LogP contribution >= 0.6 is 0 Å². The highest BCUT2D eigenvalue weighted by atomic mass is 17.4. The van der Waals surface area contributed by atoms with Gasteiger partial charge in [0.2, 0.25) is 5.79 Å². The average molecular weight is 116 g/mol. The summed E-state index contributed by atoms with van der Waals surface area (Å²) in [5, 5.41) is 0. The van der Waals surface area contributed by atoms with Gasteiger partial charge in [-0.15, -0.1) is 0 Å². The Labute approximate surface area is 49.7 Å². The molecule has 2 heteroatoms. The molecule has 1 aliphatic heterocycles. The predicted octanol–water partition coefficient (Wildman–Crippen LogP) is 1.71. The topological polar surface area (TPSA) is 25.1 Å². The fourth-order valence-corrected chi connectivity index (χ4v) is 0.772. The third kappa shape index (κ3) is 0.740. The van der Waals surface area contributed by atoms with E-state index in [4.69, 9.17) is 9.78 Å². The summed E-state index contributed by atoms with van der Waals surface area (Å²) >= 11 is 0. The monoisotopic (exact) mass is 116 g/mol. The second-order valence-electron chi connectivity index (χ2n) is 2.49. The Morgan fingerprint density at radius 1 is 1.38 bits per heavy atom. The van der Waals surface area contributed by atoms with Crippen LogP contribution in [0.5, 0.6) is 0 Å². The van der Waals surface area contributed by atoms with Gasteiger partial charge in [-0.1, -0.05) is 20.8 Å². The van der Waals surface area contributed by atoms with Gasteiger partial charge in [0.05, 0.1) is 0 Å². The molecule has 0 aromatic heterocycles. The summed E-state index contributed by atoms with van der Waals surface area (Å²) in [6.07, 6.45) is 0.949. The second kappa shape index (κ2) is 1.71. The average Bonchev–Trinajstić information content (AvgIpc) is 2.44. The highest BCUT2D eigenvalue weighted by molar-refractivity contribution is 4.75. The standard InChI is InChI=1S/C6H12O2/c1-4-6(5(2)3)7-8-6/h5H,4H2,1-3H3.